The molecule has 0 spiro atoms. The average molecular weight is 274 g/mol. The van der Waals surface area contributed by atoms with E-state index in [4.69, 9.17) is 0 Å². The first kappa shape index (κ1) is 14.0. The Morgan fingerprint density at radius 3 is 2.90 bits per heavy atom. The summed E-state index contributed by atoms with van der Waals surface area (Å²) in [6, 6.07) is 4.81. The molecule has 2 rings (SSSR count). The molecule has 0 fully saturated rings. The van der Waals surface area contributed by atoms with E-state index in [0.717, 1.165) is 18.8 Å². The van der Waals surface area contributed by atoms with Crippen LogP contribution < -0.4 is 10.9 Å². The first-order valence-corrected chi connectivity index (χ1v) is 6.63. The van der Waals surface area contributed by atoms with Crippen molar-refractivity contribution in [2.45, 2.75) is 33.0 Å². The predicted octanol–water partition coefficient (Wildman–Crippen LogP) is 0.771. The lowest BCUT2D eigenvalue weighted by Crippen LogP contribution is -2.32. The summed E-state index contributed by atoms with van der Waals surface area (Å²) < 4.78 is 3.38. The number of pyridine rings is 1. The van der Waals surface area contributed by atoms with Gasteiger partial charge in [0.15, 0.2) is 0 Å². The quantitative estimate of drug-likeness (QED) is 0.846. The Bertz CT molecular complexity index is 630. The molecule has 0 aromatic carbocycles. The normalized spacial score (nSPS) is 10.4. The Balaban J connectivity index is 1.91. The first-order chi connectivity index (χ1) is 9.70. The number of aromatic nitrogens is 3. The number of nitrogens with one attached hydrogen (secondary N) is 1. The van der Waals surface area contributed by atoms with Crippen LogP contribution in [-0.4, -0.2) is 20.0 Å². The highest BCUT2D eigenvalue weighted by molar-refractivity contribution is 5.75. The minimum atomic E-state index is -0.204. The molecule has 6 heteroatoms. The van der Waals surface area contributed by atoms with Gasteiger partial charge in [0.2, 0.25) is 5.91 Å². The van der Waals surface area contributed by atoms with Crippen molar-refractivity contribution < 1.29 is 4.79 Å². The number of nitrogens with zero attached hydrogens (tertiary/aromatic N) is 3. The van der Waals surface area contributed by atoms with Crippen LogP contribution in [0.15, 0.2) is 41.6 Å². The van der Waals surface area contributed by atoms with Crippen molar-refractivity contribution in [2.24, 2.45) is 0 Å². The molecule has 2 heterocycles. The smallest absolute Gasteiger partial charge is 0.250 e. The molecular weight excluding hydrogens is 256 g/mol. The molecule has 0 radical (unpaired) electrons. The highest BCUT2D eigenvalue weighted by Gasteiger charge is 2.06. The van der Waals surface area contributed by atoms with E-state index in [9.17, 15) is 9.59 Å². The Labute approximate surface area is 117 Å². The van der Waals surface area contributed by atoms with E-state index in [2.05, 4.69) is 17.2 Å². The molecule has 0 saturated carbocycles. The van der Waals surface area contributed by atoms with Crippen molar-refractivity contribution in [1.29, 1.82) is 0 Å². The zero-order valence-electron chi connectivity index (χ0n) is 11.5. The fraction of sp³-hybridized carbons (Fsp3) is 0.357. The number of rotatable bonds is 6. The van der Waals surface area contributed by atoms with Crippen LogP contribution in [-0.2, 0) is 24.4 Å². The Kier molecular flexibility index (Phi) is 4.70. The van der Waals surface area contributed by atoms with Crippen molar-refractivity contribution in [3.05, 3.63) is 53.0 Å². The summed E-state index contributed by atoms with van der Waals surface area (Å²) in [5.41, 5.74) is -0.185. The average Bonchev–Trinajstić information content (AvgIpc) is 2.87. The van der Waals surface area contributed by atoms with Crippen LogP contribution in [0.5, 0.6) is 0 Å². The third-order valence-electron chi connectivity index (χ3n) is 2.92. The zero-order valence-corrected chi connectivity index (χ0v) is 11.5. The Morgan fingerprint density at radius 2 is 2.15 bits per heavy atom. The fourth-order valence-corrected chi connectivity index (χ4v) is 1.93. The minimum Gasteiger partial charge on any atom is -0.347 e. The number of hydrogen-bond acceptors (Lipinski definition) is 3. The Morgan fingerprint density at radius 1 is 1.30 bits per heavy atom. The molecule has 0 unspecified atom stereocenters. The lowest BCUT2D eigenvalue weighted by Gasteiger charge is -2.09. The number of aryl methyl sites for hydroxylation is 1. The van der Waals surface area contributed by atoms with Gasteiger partial charge in [0, 0.05) is 31.2 Å². The molecule has 0 atom stereocenters. The van der Waals surface area contributed by atoms with Gasteiger partial charge in [0.25, 0.3) is 5.56 Å². The predicted molar refractivity (Wildman–Crippen MR) is 75.1 cm³/mol. The van der Waals surface area contributed by atoms with Crippen LogP contribution >= 0.6 is 0 Å². The van der Waals surface area contributed by atoms with Crippen LogP contribution in [0.1, 0.15) is 19.2 Å². The molecule has 0 aliphatic heterocycles. The number of imidazole rings is 1. The van der Waals surface area contributed by atoms with Gasteiger partial charge in [-0.3, -0.25) is 9.59 Å². The van der Waals surface area contributed by atoms with E-state index in [1.54, 1.807) is 24.5 Å². The molecule has 106 valence electrons. The molecule has 0 aliphatic carbocycles. The lowest BCUT2D eigenvalue weighted by molar-refractivity contribution is -0.121. The van der Waals surface area contributed by atoms with E-state index in [0.29, 0.717) is 6.54 Å². The molecule has 0 bridgehead atoms. The molecule has 1 amide bonds. The molecule has 20 heavy (non-hydrogen) atoms. The second-order valence-corrected chi connectivity index (χ2v) is 4.48. The van der Waals surface area contributed by atoms with E-state index in [1.165, 1.54) is 10.6 Å². The summed E-state index contributed by atoms with van der Waals surface area (Å²) in [5, 5.41) is 2.78. The van der Waals surface area contributed by atoms with Crippen molar-refractivity contribution in [1.82, 2.24) is 19.4 Å². The van der Waals surface area contributed by atoms with Crippen molar-refractivity contribution >= 4 is 5.91 Å². The first-order valence-electron chi connectivity index (χ1n) is 6.63. The van der Waals surface area contributed by atoms with Gasteiger partial charge in [-0.1, -0.05) is 13.0 Å². The summed E-state index contributed by atoms with van der Waals surface area (Å²) in [5.74, 6) is 0.616. The maximum atomic E-state index is 11.8. The molecule has 0 saturated heterocycles. The minimum absolute atomic E-state index is 0.0220. The second-order valence-electron chi connectivity index (χ2n) is 4.48. The number of carbonyl (C=O) groups excluding carboxylic acids is 1. The van der Waals surface area contributed by atoms with E-state index < -0.39 is 0 Å². The van der Waals surface area contributed by atoms with Gasteiger partial charge in [-0.15, -0.1) is 0 Å². The standard InChI is InChI=1S/C14H18N4O2/c1-2-7-17-9-6-15-12(17)10-16-13(19)11-18-8-4-3-5-14(18)20/h3-6,8-9H,2,7,10-11H2,1H3,(H,16,19). The van der Waals surface area contributed by atoms with Crippen LogP contribution in [0.3, 0.4) is 0 Å². The largest absolute Gasteiger partial charge is 0.347 e. The molecule has 2 aromatic heterocycles. The summed E-state index contributed by atoms with van der Waals surface area (Å²) in [4.78, 5) is 27.5. The molecule has 6 nitrogen and oxygen atoms in total. The topological polar surface area (TPSA) is 68.9 Å². The maximum Gasteiger partial charge on any atom is 0.250 e. The van der Waals surface area contributed by atoms with E-state index >= 15 is 0 Å². The molecular formula is C14H18N4O2. The van der Waals surface area contributed by atoms with E-state index in [1.807, 2.05) is 10.8 Å². The van der Waals surface area contributed by atoms with Crippen molar-refractivity contribution in [2.75, 3.05) is 0 Å². The van der Waals surface area contributed by atoms with Gasteiger partial charge in [-0.25, -0.2) is 4.98 Å². The fourth-order valence-electron chi connectivity index (χ4n) is 1.93. The van der Waals surface area contributed by atoms with Crippen LogP contribution in [0.25, 0.3) is 0 Å². The summed E-state index contributed by atoms with van der Waals surface area (Å²) in [6.07, 6.45) is 6.22. The number of carbonyl (C=O) groups is 1. The summed E-state index contributed by atoms with van der Waals surface area (Å²) >= 11 is 0. The van der Waals surface area contributed by atoms with Gasteiger partial charge in [-0.05, 0) is 12.5 Å². The number of hydrogen-bond donors (Lipinski definition) is 1. The lowest BCUT2D eigenvalue weighted by atomic mass is 10.4. The van der Waals surface area contributed by atoms with Gasteiger partial charge in [0.1, 0.15) is 12.4 Å². The third kappa shape index (κ3) is 3.57. The molecule has 1 N–H and O–H groups in total. The summed E-state index contributed by atoms with van der Waals surface area (Å²) in [6.45, 7) is 3.36. The van der Waals surface area contributed by atoms with Gasteiger partial charge in [-0.2, -0.15) is 0 Å². The highest BCUT2D eigenvalue weighted by atomic mass is 16.2. The van der Waals surface area contributed by atoms with Crippen LogP contribution in [0, 0.1) is 0 Å². The molecule has 0 aliphatic rings. The van der Waals surface area contributed by atoms with Crippen molar-refractivity contribution in [3.63, 3.8) is 0 Å². The van der Waals surface area contributed by atoms with Gasteiger partial charge in [0.05, 0.1) is 6.54 Å². The maximum absolute atomic E-state index is 11.8. The highest BCUT2D eigenvalue weighted by Crippen LogP contribution is 1.99. The SMILES string of the molecule is CCCn1ccnc1CNC(=O)Cn1ccccc1=O. The zero-order chi connectivity index (χ0) is 14.4. The van der Waals surface area contributed by atoms with Crippen molar-refractivity contribution in [3.8, 4) is 0 Å². The Hall–Kier alpha value is -2.37. The third-order valence-corrected chi connectivity index (χ3v) is 2.92. The van der Waals surface area contributed by atoms with E-state index in [-0.39, 0.29) is 18.0 Å². The number of amides is 1. The van der Waals surface area contributed by atoms with Gasteiger partial charge >= 0.3 is 0 Å². The summed E-state index contributed by atoms with van der Waals surface area (Å²) in [7, 11) is 0. The molecule has 2 aromatic rings. The van der Waals surface area contributed by atoms with Gasteiger partial charge < -0.3 is 14.5 Å². The second kappa shape index (κ2) is 6.70. The monoisotopic (exact) mass is 274 g/mol. The van der Waals surface area contributed by atoms with Crippen LogP contribution in [0.2, 0.25) is 0 Å². The van der Waals surface area contributed by atoms with Crippen LogP contribution in [0.4, 0.5) is 0 Å².